The zero-order valence-electron chi connectivity index (χ0n) is 21.0. The highest BCUT2D eigenvalue weighted by Gasteiger charge is 2.22. The summed E-state index contributed by atoms with van der Waals surface area (Å²) in [6, 6.07) is 26.0. The average molecular weight is 630 g/mol. The Hall–Kier alpha value is -4.80. The van der Waals surface area contributed by atoms with Crippen LogP contribution < -0.4 is 10.3 Å². The number of hydrogen-bond acceptors (Lipinski definition) is 7. The second kappa shape index (κ2) is 11.0. The second-order valence-electron chi connectivity index (χ2n) is 8.98. The minimum absolute atomic E-state index is 0.0102. The van der Waals surface area contributed by atoms with Crippen LogP contribution in [0.25, 0.3) is 33.5 Å². The molecule has 9 nitrogen and oxygen atoms in total. The molecule has 0 spiro atoms. The summed E-state index contributed by atoms with van der Waals surface area (Å²) in [5.74, 6) is 0.504. The van der Waals surface area contributed by atoms with Gasteiger partial charge >= 0.3 is 5.69 Å². The molecule has 0 saturated carbocycles. The number of furan rings is 1. The lowest BCUT2D eigenvalue weighted by atomic mass is 10.2. The zero-order valence-corrected chi connectivity index (χ0v) is 23.4. The number of benzene rings is 4. The van der Waals surface area contributed by atoms with Crippen molar-refractivity contribution in [3.63, 3.8) is 0 Å². The van der Waals surface area contributed by atoms with Gasteiger partial charge in [0.2, 0.25) is 11.6 Å². The number of nitro groups is 1. The lowest BCUT2D eigenvalue weighted by Crippen LogP contribution is -2.20. The first kappa shape index (κ1) is 26.4. The number of para-hydroxylation sites is 2. The van der Waals surface area contributed by atoms with Gasteiger partial charge in [0, 0.05) is 26.5 Å². The van der Waals surface area contributed by atoms with E-state index in [1.165, 1.54) is 12.3 Å². The van der Waals surface area contributed by atoms with Gasteiger partial charge in [0.15, 0.2) is 5.76 Å². The quantitative estimate of drug-likeness (QED) is 0.102. The Labute approximate surface area is 245 Å². The summed E-state index contributed by atoms with van der Waals surface area (Å²) in [4.78, 5) is 29.7. The first-order chi connectivity index (χ1) is 19.9. The van der Waals surface area contributed by atoms with Crippen LogP contribution in [-0.2, 0) is 6.61 Å². The van der Waals surface area contributed by atoms with Crippen molar-refractivity contribution in [3.05, 3.63) is 132 Å². The van der Waals surface area contributed by atoms with Crippen LogP contribution in [0.5, 0.6) is 5.75 Å². The fraction of sp³-hybridized carbons (Fsp3) is 0.0333. The first-order valence-corrected chi connectivity index (χ1v) is 13.4. The van der Waals surface area contributed by atoms with Crippen LogP contribution in [0.1, 0.15) is 11.1 Å². The van der Waals surface area contributed by atoms with Crippen LogP contribution in [0, 0.1) is 10.1 Å². The third-order valence-corrected chi connectivity index (χ3v) is 6.98. The Bertz CT molecular complexity index is 2000. The highest BCUT2D eigenvalue weighted by molar-refractivity contribution is 9.10. The van der Waals surface area contributed by atoms with Crippen LogP contribution in [0.4, 0.5) is 5.69 Å². The Morgan fingerprint density at radius 3 is 2.59 bits per heavy atom. The van der Waals surface area contributed by atoms with Crippen molar-refractivity contribution in [1.82, 2.24) is 9.66 Å². The van der Waals surface area contributed by atoms with Gasteiger partial charge in [0.05, 0.1) is 22.0 Å². The molecule has 0 atom stereocenters. The van der Waals surface area contributed by atoms with Crippen molar-refractivity contribution in [2.45, 2.75) is 6.61 Å². The summed E-state index contributed by atoms with van der Waals surface area (Å²) in [5, 5.41) is 18.1. The molecule has 41 heavy (non-hydrogen) atoms. The van der Waals surface area contributed by atoms with E-state index < -0.39 is 10.5 Å². The molecule has 0 unspecified atom stereocenters. The number of nitrogens with zero attached hydrogens (tertiary/aromatic N) is 4. The Morgan fingerprint density at radius 2 is 1.80 bits per heavy atom. The van der Waals surface area contributed by atoms with Crippen molar-refractivity contribution in [1.29, 1.82) is 0 Å². The van der Waals surface area contributed by atoms with E-state index in [2.05, 4.69) is 26.0 Å². The normalized spacial score (nSPS) is 11.5. The van der Waals surface area contributed by atoms with Crippen molar-refractivity contribution in [2.75, 3.05) is 0 Å². The van der Waals surface area contributed by atoms with Crippen LogP contribution >= 0.6 is 27.5 Å². The van der Waals surface area contributed by atoms with Crippen LogP contribution in [0.3, 0.4) is 0 Å². The molecule has 0 N–H and O–H groups in total. The van der Waals surface area contributed by atoms with E-state index in [9.17, 15) is 14.9 Å². The van der Waals surface area contributed by atoms with Crippen LogP contribution in [0.2, 0.25) is 5.02 Å². The molecule has 11 heteroatoms. The molecule has 0 bridgehead atoms. The highest BCUT2D eigenvalue weighted by atomic mass is 79.9. The molecule has 0 fully saturated rings. The molecule has 0 saturated heterocycles. The predicted molar refractivity (Wildman–Crippen MR) is 161 cm³/mol. The number of hydrogen-bond donors (Lipinski definition) is 0. The molecular formula is C30H18BrClN4O5. The van der Waals surface area contributed by atoms with Gasteiger partial charge in [-0.1, -0.05) is 70.0 Å². The molecule has 0 aliphatic rings. The number of fused-ring (bicyclic) bond motifs is 2. The molecule has 0 radical (unpaired) electrons. The van der Waals surface area contributed by atoms with E-state index in [1.54, 1.807) is 60.7 Å². The minimum Gasteiger partial charge on any atom is -0.481 e. The van der Waals surface area contributed by atoms with E-state index in [4.69, 9.17) is 20.8 Å². The van der Waals surface area contributed by atoms with Gasteiger partial charge < -0.3 is 9.15 Å². The van der Waals surface area contributed by atoms with Crippen molar-refractivity contribution >= 4 is 61.3 Å². The molecular weight excluding hydrogens is 612 g/mol. The molecule has 6 aromatic rings. The fourth-order valence-electron chi connectivity index (χ4n) is 4.33. The lowest BCUT2D eigenvalue weighted by molar-refractivity contribution is -0.386. The van der Waals surface area contributed by atoms with Gasteiger partial charge in [0.1, 0.15) is 12.2 Å². The van der Waals surface area contributed by atoms with Gasteiger partial charge in [-0.2, -0.15) is 9.78 Å². The van der Waals surface area contributed by atoms with Gasteiger partial charge in [0.25, 0.3) is 5.56 Å². The molecule has 6 rings (SSSR count). The van der Waals surface area contributed by atoms with Crippen molar-refractivity contribution in [2.24, 2.45) is 5.10 Å². The van der Waals surface area contributed by atoms with Gasteiger partial charge in [-0.15, -0.1) is 0 Å². The maximum Gasteiger partial charge on any atom is 0.312 e. The monoisotopic (exact) mass is 628 g/mol. The fourth-order valence-corrected chi connectivity index (χ4v) is 4.92. The van der Waals surface area contributed by atoms with Gasteiger partial charge in [-0.05, 0) is 48.0 Å². The summed E-state index contributed by atoms with van der Waals surface area (Å²) in [6.45, 7) is 0.0438. The van der Waals surface area contributed by atoms with E-state index in [1.807, 2.05) is 24.3 Å². The summed E-state index contributed by atoms with van der Waals surface area (Å²) in [6.07, 6.45) is 1.33. The third-order valence-electron chi connectivity index (χ3n) is 6.27. The first-order valence-electron chi connectivity index (χ1n) is 12.3. The number of nitro benzene ring substituents is 1. The largest absolute Gasteiger partial charge is 0.481 e. The number of aromatic nitrogens is 2. The van der Waals surface area contributed by atoms with Gasteiger partial charge in [-0.3, -0.25) is 14.9 Å². The van der Waals surface area contributed by atoms with Crippen molar-refractivity contribution in [3.8, 4) is 17.3 Å². The smallest absolute Gasteiger partial charge is 0.312 e. The molecule has 4 aromatic carbocycles. The molecule has 0 amide bonds. The standard InChI is InChI=1S/C30H18BrClN4O5/c31-21-13-20(28(25(15-21)36(38)39)40-17-18-9-11-22(32)12-10-18)16-33-35-29(27-14-19-5-1-4-8-26(19)41-27)34-24-7-3-2-6-23(24)30(35)37/h1-16H,17H2. The van der Waals surface area contributed by atoms with Crippen LogP contribution in [0.15, 0.2) is 110 Å². The summed E-state index contributed by atoms with van der Waals surface area (Å²) in [7, 11) is 0. The summed E-state index contributed by atoms with van der Waals surface area (Å²) in [5.41, 5.74) is 1.43. The van der Waals surface area contributed by atoms with E-state index >= 15 is 0 Å². The molecule has 2 heterocycles. The number of halogens is 2. The van der Waals surface area contributed by atoms with E-state index in [0.717, 1.165) is 15.6 Å². The third kappa shape index (κ3) is 5.34. The maximum atomic E-state index is 13.6. The lowest BCUT2D eigenvalue weighted by Gasteiger charge is -2.11. The Kier molecular flexibility index (Phi) is 7.08. The molecule has 2 aromatic heterocycles. The topological polar surface area (TPSA) is 113 Å². The number of rotatable bonds is 7. The van der Waals surface area contributed by atoms with Crippen LogP contribution in [-0.4, -0.2) is 20.8 Å². The zero-order chi connectivity index (χ0) is 28.5. The van der Waals surface area contributed by atoms with E-state index in [-0.39, 0.29) is 29.4 Å². The average Bonchev–Trinajstić information content (AvgIpc) is 3.41. The number of ether oxygens (including phenoxy) is 1. The summed E-state index contributed by atoms with van der Waals surface area (Å²) < 4.78 is 13.5. The molecule has 0 aliphatic heterocycles. The molecule has 0 aliphatic carbocycles. The van der Waals surface area contributed by atoms with Gasteiger partial charge in [-0.25, -0.2) is 4.98 Å². The van der Waals surface area contributed by atoms with E-state index in [0.29, 0.717) is 31.7 Å². The molecule has 202 valence electrons. The maximum absolute atomic E-state index is 13.6. The summed E-state index contributed by atoms with van der Waals surface area (Å²) >= 11 is 9.31. The SMILES string of the molecule is O=c1c2ccccc2nc(-c2cc3ccccc3o2)n1N=Cc1cc(Br)cc([N+](=O)[O-])c1OCc1ccc(Cl)cc1. The van der Waals surface area contributed by atoms with Crippen molar-refractivity contribution < 1.29 is 14.1 Å². The Balaban J connectivity index is 1.49. The predicted octanol–water partition coefficient (Wildman–Crippen LogP) is 7.60. The minimum atomic E-state index is -0.539. The second-order valence-corrected chi connectivity index (χ2v) is 10.3. The Morgan fingerprint density at radius 1 is 1.05 bits per heavy atom. The highest BCUT2D eigenvalue weighted by Crippen LogP contribution is 2.35.